The van der Waals surface area contributed by atoms with Crippen LogP contribution in [0.4, 0.5) is 13.2 Å². The lowest BCUT2D eigenvalue weighted by Crippen LogP contribution is -2.08. The lowest BCUT2D eigenvalue weighted by molar-refractivity contribution is -0.141. The molecule has 1 nitrogen and oxygen atoms in total. The second-order valence-electron chi connectivity index (χ2n) is 5.60. The minimum absolute atomic E-state index is 0.0418. The topological polar surface area (TPSA) is 12.9 Å². The molecule has 3 rings (SSSR count). The molecule has 3 aromatic rings. The number of halogens is 9. The first-order valence-electron chi connectivity index (χ1n) is 7.36. The maximum atomic E-state index is 13.3. The zero-order chi connectivity index (χ0) is 20.8. The number of nitrogens with zero attached hydrogens (tertiary/aromatic N) is 1. The molecule has 0 bridgehead atoms. The molecule has 0 aliphatic rings. The summed E-state index contributed by atoms with van der Waals surface area (Å²) in [7, 11) is 0. The van der Waals surface area contributed by atoms with Gasteiger partial charge in [0.15, 0.2) is 0 Å². The van der Waals surface area contributed by atoms with E-state index < -0.39 is 11.9 Å². The molecule has 0 aliphatic heterocycles. The van der Waals surface area contributed by atoms with Crippen LogP contribution in [0.25, 0.3) is 22.3 Å². The number of hydrogen-bond acceptors (Lipinski definition) is 1. The van der Waals surface area contributed by atoms with Gasteiger partial charge in [-0.3, -0.25) is 4.98 Å². The Morgan fingerprint density at radius 1 is 0.607 bits per heavy atom. The first kappa shape index (κ1) is 21.8. The quantitative estimate of drug-likeness (QED) is 0.338. The summed E-state index contributed by atoms with van der Waals surface area (Å²) in [5.41, 5.74) is -0.510. The summed E-state index contributed by atoms with van der Waals surface area (Å²) >= 11 is 36.8. The van der Waals surface area contributed by atoms with E-state index >= 15 is 0 Å². The average molecular weight is 506 g/mol. The molecule has 0 radical (unpaired) electrons. The third-order valence-corrected chi connectivity index (χ3v) is 5.38. The molecule has 1 aromatic heterocycles. The summed E-state index contributed by atoms with van der Waals surface area (Å²) in [6, 6.07) is 6.39. The molecule has 0 unspecified atom stereocenters. The van der Waals surface area contributed by atoms with Crippen LogP contribution >= 0.6 is 69.6 Å². The van der Waals surface area contributed by atoms with Gasteiger partial charge in [0, 0.05) is 32.9 Å². The average Bonchev–Trinajstić information content (AvgIpc) is 2.53. The molecule has 146 valence electrons. The predicted molar refractivity (Wildman–Crippen MR) is 110 cm³/mol. The second-order valence-corrected chi connectivity index (χ2v) is 8.10. The van der Waals surface area contributed by atoms with Crippen molar-refractivity contribution in [3.05, 3.63) is 72.4 Å². The van der Waals surface area contributed by atoms with Crippen molar-refractivity contribution in [1.29, 1.82) is 0 Å². The Kier molecular flexibility index (Phi) is 6.31. The highest BCUT2D eigenvalue weighted by molar-refractivity contribution is 6.43. The van der Waals surface area contributed by atoms with E-state index in [4.69, 9.17) is 69.6 Å². The van der Waals surface area contributed by atoms with Crippen LogP contribution in [-0.4, -0.2) is 4.98 Å². The molecule has 0 saturated carbocycles. The summed E-state index contributed by atoms with van der Waals surface area (Å²) in [5, 5.41) is 0.859. The summed E-state index contributed by atoms with van der Waals surface area (Å²) in [6.07, 6.45) is -3.67. The minimum Gasteiger partial charge on any atom is -0.251 e. The summed E-state index contributed by atoms with van der Waals surface area (Å²) in [5.74, 6) is 0. The number of aromatic nitrogens is 1. The first-order chi connectivity index (χ1) is 13.0. The largest absolute Gasteiger partial charge is 0.433 e. The van der Waals surface area contributed by atoms with Crippen LogP contribution < -0.4 is 0 Å². The summed E-state index contributed by atoms with van der Waals surface area (Å²) in [6.45, 7) is 0. The van der Waals surface area contributed by atoms with Crippen molar-refractivity contribution >= 4 is 69.6 Å². The lowest BCUT2D eigenvalue weighted by atomic mass is 9.95. The zero-order valence-corrected chi connectivity index (χ0v) is 17.8. The van der Waals surface area contributed by atoms with Crippen molar-refractivity contribution in [3.63, 3.8) is 0 Å². The molecule has 0 spiro atoms. The Labute approximate surface area is 187 Å². The van der Waals surface area contributed by atoms with Gasteiger partial charge < -0.3 is 0 Å². The van der Waals surface area contributed by atoms with Crippen LogP contribution in [0.15, 0.2) is 36.5 Å². The van der Waals surface area contributed by atoms with Gasteiger partial charge in [-0.2, -0.15) is 13.2 Å². The molecular weight excluding hydrogens is 500 g/mol. The van der Waals surface area contributed by atoms with E-state index in [2.05, 4.69) is 4.98 Å². The van der Waals surface area contributed by atoms with Gasteiger partial charge in [-0.05, 0) is 35.9 Å². The van der Waals surface area contributed by atoms with E-state index in [9.17, 15) is 13.2 Å². The molecule has 0 N–H and O–H groups in total. The second kappa shape index (κ2) is 8.10. The number of pyridine rings is 1. The third kappa shape index (κ3) is 4.33. The van der Waals surface area contributed by atoms with Crippen LogP contribution in [-0.2, 0) is 6.18 Å². The minimum atomic E-state index is -4.69. The molecule has 10 heteroatoms. The van der Waals surface area contributed by atoms with E-state index in [1.807, 2.05) is 0 Å². The summed E-state index contributed by atoms with van der Waals surface area (Å²) < 4.78 is 39.8. The van der Waals surface area contributed by atoms with Crippen molar-refractivity contribution in [2.24, 2.45) is 0 Å². The Bertz CT molecular complexity index is 1040. The van der Waals surface area contributed by atoms with Gasteiger partial charge >= 0.3 is 6.18 Å². The van der Waals surface area contributed by atoms with E-state index in [1.54, 1.807) is 0 Å². The molecule has 28 heavy (non-hydrogen) atoms. The Hall–Kier alpha value is -0.880. The molecule has 0 fully saturated rings. The number of hydrogen-bond donors (Lipinski definition) is 0. The monoisotopic (exact) mass is 503 g/mol. The smallest absolute Gasteiger partial charge is 0.251 e. The maximum Gasteiger partial charge on any atom is 0.433 e. The van der Waals surface area contributed by atoms with E-state index in [-0.39, 0.29) is 52.4 Å². The van der Waals surface area contributed by atoms with Gasteiger partial charge in [0.1, 0.15) is 5.69 Å². The molecule has 1 heterocycles. The highest BCUT2D eigenvalue weighted by Crippen LogP contribution is 2.47. The number of alkyl halides is 3. The maximum absolute atomic E-state index is 13.3. The predicted octanol–water partition coefficient (Wildman–Crippen LogP) is 9.35. The molecule has 0 amide bonds. The molecule has 0 atom stereocenters. The van der Waals surface area contributed by atoms with Crippen molar-refractivity contribution < 1.29 is 13.2 Å². The zero-order valence-electron chi connectivity index (χ0n) is 13.3. The highest BCUT2D eigenvalue weighted by Gasteiger charge is 2.34. The van der Waals surface area contributed by atoms with Gasteiger partial charge in [-0.15, -0.1) is 0 Å². The van der Waals surface area contributed by atoms with Crippen molar-refractivity contribution in [3.8, 4) is 22.3 Å². The third-order valence-electron chi connectivity index (χ3n) is 3.75. The van der Waals surface area contributed by atoms with Crippen molar-refractivity contribution in [1.82, 2.24) is 4.98 Å². The Morgan fingerprint density at radius 3 is 1.39 bits per heavy atom. The van der Waals surface area contributed by atoms with Crippen LogP contribution in [0.3, 0.4) is 0 Å². The highest BCUT2D eigenvalue weighted by atomic mass is 35.5. The number of benzene rings is 2. The first-order valence-corrected chi connectivity index (χ1v) is 9.63. The molecular formula is C18H6Cl6F3N. The number of rotatable bonds is 2. The fourth-order valence-corrected chi connectivity index (χ4v) is 4.66. The standard InChI is InChI=1S/C18H6Cl6F3N/c19-7-1-11(21)16(12(22)2-7)9-5-15(18(25,26)27)28-6-10(9)17-13(23)3-8(20)4-14(17)24/h1-6H. The van der Waals surface area contributed by atoms with Crippen molar-refractivity contribution in [2.45, 2.75) is 6.18 Å². The van der Waals surface area contributed by atoms with Crippen LogP contribution in [0.1, 0.15) is 5.69 Å². The molecule has 0 aliphatic carbocycles. The van der Waals surface area contributed by atoms with E-state index in [0.29, 0.717) is 0 Å². The fourth-order valence-electron chi connectivity index (χ4n) is 2.62. The van der Waals surface area contributed by atoms with E-state index in [0.717, 1.165) is 12.3 Å². The van der Waals surface area contributed by atoms with Crippen molar-refractivity contribution in [2.75, 3.05) is 0 Å². The fraction of sp³-hybridized carbons (Fsp3) is 0.0556. The van der Waals surface area contributed by atoms with Gasteiger partial charge in [0.2, 0.25) is 0 Å². The van der Waals surface area contributed by atoms with Gasteiger partial charge in [0.05, 0.1) is 20.1 Å². The lowest BCUT2D eigenvalue weighted by Gasteiger charge is -2.17. The normalized spacial score (nSPS) is 11.8. The molecule has 2 aromatic carbocycles. The summed E-state index contributed by atoms with van der Waals surface area (Å²) in [4.78, 5) is 3.51. The SMILES string of the molecule is FC(F)(F)c1cc(-c2c(Cl)cc(Cl)cc2Cl)c(-c2c(Cl)cc(Cl)cc2Cl)cn1. The van der Waals surface area contributed by atoms with Gasteiger partial charge in [-0.1, -0.05) is 69.6 Å². The Morgan fingerprint density at radius 2 is 1.00 bits per heavy atom. The van der Waals surface area contributed by atoms with Crippen LogP contribution in [0.2, 0.25) is 30.1 Å². The van der Waals surface area contributed by atoms with Gasteiger partial charge in [-0.25, -0.2) is 0 Å². The Balaban J connectivity index is 2.41. The van der Waals surface area contributed by atoms with Gasteiger partial charge in [0.25, 0.3) is 0 Å². The van der Waals surface area contributed by atoms with Crippen LogP contribution in [0.5, 0.6) is 0 Å². The van der Waals surface area contributed by atoms with Crippen LogP contribution in [0, 0.1) is 0 Å². The molecule has 0 saturated heterocycles. The van der Waals surface area contributed by atoms with E-state index in [1.165, 1.54) is 24.3 Å².